The predicted molar refractivity (Wildman–Crippen MR) is 103 cm³/mol. The first kappa shape index (κ1) is 19.7. The molecule has 0 spiro atoms. The first-order valence-corrected chi connectivity index (χ1v) is 8.17. The fourth-order valence-electron chi connectivity index (χ4n) is 2.61. The maximum atomic E-state index is 13.9. The zero-order valence-electron chi connectivity index (χ0n) is 14.4. The summed E-state index contributed by atoms with van der Waals surface area (Å²) in [6.45, 7) is 1.63. The van der Waals surface area contributed by atoms with Gasteiger partial charge in [0.15, 0.2) is 11.7 Å². The average Bonchev–Trinajstić information content (AvgIpc) is 3.13. The number of hydrogen-bond acceptors (Lipinski definition) is 5. The quantitative estimate of drug-likeness (QED) is 0.757. The number of nitrogens with one attached hydrogen (secondary N) is 2. The topological polar surface area (TPSA) is 62.7 Å². The van der Waals surface area contributed by atoms with Gasteiger partial charge in [0.05, 0.1) is 19.2 Å². The number of carbonyl (C=O) groups is 1. The number of anilines is 1. The van der Waals surface area contributed by atoms with Gasteiger partial charge in [-0.05, 0) is 36.2 Å². The third-order valence-corrected chi connectivity index (χ3v) is 4.01. The summed E-state index contributed by atoms with van der Waals surface area (Å²) < 4.78 is 18.9. The third kappa shape index (κ3) is 4.95. The molecule has 0 fully saturated rings. The lowest BCUT2D eigenvalue weighted by molar-refractivity contribution is 0.0979. The van der Waals surface area contributed by atoms with Gasteiger partial charge in [-0.15, -0.1) is 12.4 Å². The maximum absolute atomic E-state index is 13.9. The molecule has 2 aromatic carbocycles. The van der Waals surface area contributed by atoms with Crippen molar-refractivity contribution < 1.29 is 13.9 Å². The number of aliphatic imine (C=N–C) groups is 1. The number of ether oxygens (including phenoxy) is 1. The van der Waals surface area contributed by atoms with E-state index in [9.17, 15) is 9.18 Å². The van der Waals surface area contributed by atoms with Crippen molar-refractivity contribution in [3.63, 3.8) is 0 Å². The Labute approximate surface area is 158 Å². The molecule has 0 saturated heterocycles. The average molecular weight is 378 g/mol. The van der Waals surface area contributed by atoms with E-state index in [1.807, 2.05) is 24.3 Å². The van der Waals surface area contributed by atoms with Gasteiger partial charge in [0.25, 0.3) is 0 Å². The molecule has 0 aliphatic carbocycles. The van der Waals surface area contributed by atoms with Gasteiger partial charge >= 0.3 is 0 Å². The molecular weight excluding hydrogens is 357 g/mol. The van der Waals surface area contributed by atoms with Crippen LogP contribution < -0.4 is 15.4 Å². The smallest absolute Gasteiger partial charge is 0.195 e. The van der Waals surface area contributed by atoms with Crippen LogP contribution in [0.3, 0.4) is 0 Å². The minimum Gasteiger partial charge on any atom is -0.497 e. The molecule has 0 amide bonds. The van der Waals surface area contributed by atoms with Gasteiger partial charge in [0.2, 0.25) is 0 Å². The zero-order valence-corrected chi connectivity index (χ0v) is 15.2. The van der Waals surface area contributed by atoms with Crippen LogP contribution in [0.2, 0.25) is 0 Å². The van der Waals surface area contributed by atoms with Crippen molar-refractivity contribution in [3.05, 3.63) is 59.4 Å². The van der Waals surface area contributed by atoms with Gasteiger partial charge in [-0.25, -0.2) is 4.39 Å². The van der Waals surface area contributed by atoms with E-state index in [-0.39, 0.29) is 30.2 Å². The highest BCUT2D eigenvalue weighted by Crippen LogP contribution is 2.19. The highest BCUT2D eigenvalue weighted by molar-refractivity contribution is 5.96. The van der Waals surface area contributed by atoms with Crippen LogP contribution in [0.1, 0.15) is 22.3 Å². The van der Waals surface area contributed by atoms with Crippen LogP contribution in [0.15, 0.2) is 47.5 Å². The largest absolute Gasteiger partial charge is 0.497 e. The standard InChI is InChI=1S/C19H20FN3O2.ClH/c1-25-15-7-8-16(17(20)12-15)18(24)9-4-13-2-5-14(6-3-13)23-19-21-10-11-22-19;/h2-3,5-8,12H,4,9-11H2,1H3,(H2,21,22,23);1H. The van der Waals surface area contributed by atoms with Crippen molar-refractivity contribution in [1.82, 2.24) is 5.32 Å². The normalized spacial score (nSPS) is 12.6. The summed E-state index contributed by atoms with van der Waals surface area (Å²) in [5, 5.41) is 6.33. The fourth-order valence-corrected chi connectivity index (χ4v) is 2.61. The molecule has 1 aliphatic rings. The minimum absolute atomic E-state index is 0. The van der Waals surface area contributed by atoms with Gasteiger partial charge in [-0.1, -0.05) is 12.1 Å². The summed E-state index contributed by atoms with van der Waals surface area (Å²) in [5.41, 5.74) is 2.06. The van der Waals surface area contributed by atoms with Crippen molar-refractivity contribution >= 4 is 29.8 Å². The first-order chi connectivity index (χ1) is 12.2. The number of nitrogens with zero attached hydrogens (tertiary/aromatic N) is 1. The Morgan fingerprint density at radius 2 is 2.04 bits per heavy atom. The van der Waals surface area contributed by atoms with E-state index >= 15 is 0 Å². The molecule has 2 aromatic rings. The number of benzene rings is 2. The second-order valence-electron chi connectivity index (χ2n) is 5.75. The van der Waals surface area contributed by atoms with Crippen LogP contribution in [0.25, 0.3) is 0 Å². The summed E-state index contributed by atoms with van der Waals surface area (Å²) in [6, 6.07) is 12.1. The molecule has 0 unspecified atom stereocenters. The van der Waals surface area contributed by atoms with Gasteiger partial charge < -0.3 is 15.4 Å². The second-order valence-corrected chi connectivity index (χ2v) is 5.75. The van der Waals surface area contributed by atoms with E-state index in [1.54, 1.807) is 6.07 Å². The molecule has 5 nitrogen and oxygen atoms in total. The molecule has 2 N–H and O–H groups in total. The minimum atomic E-state index is -0.547. The number of ketones is 1. The molecule has 7 heteroatoms. The molecule has 0 saturated carbocycles. The van der Waals surface area contributed by atoms with E-state index in [1.165, 1.54) is 19.2 Å². The lowest BCUT2D eigenvalue weighted by Gasteiger charge is -2.08. The Kier molecular flexibility index (Phi) is 6.97. The van der Waals surface area contributed by atoms with Crippen LogP contribution in [0.5, 0.6) is 5.75 Å². The second kappa shape index (κ2) is 9.20. The van der Waals surface area contributed by atoms with E-state index in [0.717, 1.165) is 30.3 Å². The monoisotopic (exact) mass is 377 g/mol. The van der Waals surface area contributed by atoms with Gasteiger partial charge in [-0.2, -0.15) is 0 Å². The fraction of sp³-hybridized carbons (Fsp3) is 0.263. The molecular formula is C19H21ClFN3O2. The van der Waals surface area contributed by atoms with Crippen molar-refractivity contribution in [2.75, 3.05) is 25.5 Å². The van der Waals surface area contributed by atoms with Gasteiger partial charge in [-0.3, -0.25) is 9.79 Å². The lowest BCUT2D eigenvalue weighted by atomic mass is 10.0. The Bertz CT molecular complexity index is 794. The van der Waals surface area contributed by atoms with Crippen LogP contribution in [-0.4, -0.2) is 31.9 Å². The number of rotatable bonds is 6. The number of halogens is 2. The molecule has 26 heavy (non-hydrogen) atoms. The summed E-state index contributed by atoms with van der Waals surface area (Å²) in [6.07, 6.45) is 0.814. The van der Waals surface area contributed by atoms with E-state index in [0.29, 0.717) is 12.2 Å². The Balaban J connectivity index is 0.00000243. The van der Waals surface area contributed by atoms with Crippen LogP contribution in [-0.2, 0) is 6.42 Å². The van der Waals surface area contributed by atoms with E-state index in [2.05, 4.69) is 15.6 Å². The van der Waals surface area contributed by atoms with Crippen LogP contribution >= 0.6 is 12.4 Å². The van der Waals surface area contributed by atoms with Crippen molar-refractivity contribution in [3.8, 4) is 5.75 Å². The first-order valence-electron chi connectivity index (χ1n) is 8.17. The summed E-state index contributed by atoms with van der Waals surface area (Å²) >= 11 is 0. The lowest BCUT2D eigenvalue weighted by Crippen LogP contribution is -2.26. The van der Waals surface area contributed by atoms with Crippen molar-refractivity contribution in [2.24, 2.45) is 4.99 Å². The number of methoxy groups -OCH3 is 1. The number of carbonyl (C=O) groups excluding carboxylic acids is 1. The predicted octanol–water partition coefficient (Wildman–Crippen LogP) is 3.44. The summed E-state index contributed by atoms with van der Waals surface area (Å²) in [5.74, 6) is 0.414. The number of guanidine groups is 1. The molecule has 0 bridgehead atoms. The molecule has 0 aromatic heterocycles. The highest BCUT2D eigenvalue weighted by Gasteiger charge is 2.13. The Hall–Kier alpha value is -2.60. The number of Topliss-reactive ketones (excluding diaryl/α,β-unsaturated/α-hetero) is 1. The van der Waals surface area contributed by atoms with Crippen LogP contribution in [0, 0.1) is 5.82 Å². The molecule has 1 aliphatic heterocycles. The van der Waals surface area contributed by atoms with Crippen molar-refractivity contribution in [2.45, 2.75) is 12.8 Å². The van der Waals surface area contributed by atoms with Crippen LogP contribution in [0.4, 0.5) is 10.1 Å². The molecule has 3 rings (SSSR count). The number of hydrogen-bond donors (Lipinski definition) is 2. The molecule has 0 atom stereocenters. The van der Waals surface area contributed by atoms with E-state index in [4.69, 9.17) is 4.74 Å². The van der Waals surface area contributed by atoms with Gasteiger partial charge in [0, 0.05) is 24.7 Å². The Morgan fingerprint density at radius 3 is 2.65 bits per heavy atom. The molecule has 138 valence electrons. The maximum Gasteiger partial charge on any atom is 0.195 e. The van der Waals surface area contributed by atoms with Gasteiger partial charge in [0.1, 0.15) is 11.6 Å². The molecule has 1 heterocycles. The summed E-state index contributed by atoms with van der Waals surface area (Å²) in [4.78, 5) is 16.5. The Morgan fingerprint density at radius 1 is 1.27 bits per heavy atom. The molecule has 0 radical (unpaired) electrons. The number of aryl methyl sites for hydroxylation is 1. The SMILES string of the molecule is COc1ccc(C(=O)CCc2ccc(NC3=NCCN3)cc2)c(F)c1.Cl. The van der Waals surface area contributed by atoms with E-state index < -0.39 is 5.82 Å². The third-order valence-electron chi connectivity index (χ3n) is 4.01. The highest BCUT2D eigenvalue weighted by atomic mass is 35.5. The zero-order chi connectivity index (χ0) is 17.6. The summed E-state index contributed by atoms with van der Waals surface area (Å²) in [7, 11) is 1.46. The van der Waals surface area contributed by atoms with Crippen molar-refractivity contribution in [1.29, 1.82) is 0 Å².